The molecule has 0 saturated heterocycles. The summed E-state index contributed by atoms with van der Waals surface area (Å²) in [5, 5.41) is 7.92. The third-order valence-corrected chi connectivity index (χ3v) is 3.24. The number of rotatable bonds is 4. The molecule has 0 atom stereocenters. The Kier molecular flexibility index (Phi) is 3.34. The number of hydrogen-bond acceptors (Lipinski definition) is 3. The number of anilines is 1. The highest BCUT2D eigenvalue weighted by molar-refractivity contribution is 5.95. The zero-order chi connectivity index (χ0) is 15.9. The summed E-state index contributed by atoms with van der Waals surface area (Å²) in [7, 11) is 0. The Hall–Kier alpha value is -2.45. The van der Waals surface area contributed by atoms with Crippen LogP contribution in [0.3, 0.4) is 0 Å². The first-order valence-corrected chi connectivity index (χ1v) is 6.45. The first-order valence-electron chi connectivity index (χ1n) is 6.45. The molecule has 0 unspecified atom stereocenters. The summed E-state index contributed by atoms with van der Waals surface area (Å²) in [5.74, 6) is -8.18. The molecule has 3 rings (SSSR count). The molecule has 0 spiro atoms. The van der Waals surface area contributed by atoms with Crippen LogP contribution in [0.25, 0.3) is 0 Å². The fraction of sp³-hybridized carbons (Fsp3) is 0.308. The lowest BCUT2D eigenvalue weighted by Gasteiger charge is -2.15. The Labute approximate surface area is 121 Å². The first kappa shape index (κ1) is 14.5. The Morgan fingerprint density at radius 2 is 2.05 bits per heavy atom. The molecule has 1 aromatic heterocycles. The molecule has 0 bridgehead atoms. The van der Waals surface area contributed by atoms with Crippen molar-refractivity contribution in [2.24, 2.45) is 0 Å². The number of hydrogen-bond donors (Lipinski definition) is 2. The summed E-state index contributed by atoms with van der Waals surface area (Å²) in [5.41, 5.74) is -1.34. The molecule has 0 radical (unpaired) electrons. The van der Waals surface area contributed by atoms with E-state index in [1.54, 1.807) is 5.32 Å². The maximum atomic E-state index is 14.0. The molecule has 116 valence electrons. The fourth-order valence-corrected chi connectivity index (χ4v) is 1.91. The SMILES string of the molecule is O=C(Nc1n[nH]c(C2CC2)n1)C(F)(F)c1cc(F)ccc1F. The van der Waals surface area contributed by atoms with Crippen LogP contribution in [0, 0.1) is 11.6 Å². The van der Waals surface area contributed by atoms with Crippen LogP contribution in [0.1, 0.15) is 30.1 Å². The normalized spacial score (nSPS) is 14.9. The third kappa shape index (κ3) is 2.66. The molecule has 1 fully saturated rings. The standard InChI is InChI=1S/C13H10F4N4O/c14-7-3-4-9(15)8(5-7)13(16,17)11(22)19-12-18-10(20-21-12)6-1-2-6/h3-6H,1-2H2,(H2,18,19,20,21,22). The molecule has 9 heteroatoms. The molecule has 1 aliphatic carbocycles. The summed E-state index contributed by atoms with van der Waals surface area (Å²) >= 11 is 0. The van der Waals surface area contributed by atoms with Crippen LogP contribution in [0.15, 0.2) is 18.2 Å². The fourth-order valence-electron chi connectivity index (χ4n) is 1.91. The minimum atomic E-state index is -4.26. The van der Waals surface area contributed by atoms with Crippen molar-refractivity contribution in [1.82, 2.24) is 15.2 Å². The highest BCUT2D eigenvalue weighted by atomic mass is 19.3. The minimum Gasteiger partial charge on any atom is -0.288 e. The van der Waals surface area contributed by atoms with Gasteiger partial charge >= 0.3 is 11.8 Å². The van der Waals surface area contributed by atoms with E-state index in [0.717, 1.165) is 12.8 Å². The second-order valence-corrected chi connectivity index (χ2v) is 4.97. The van der Waals surface area contributed by atoms with Gasteiger partial charge in [0, 0.05) is 5.92 Å². The summed E-state index contributed by atoms with van der Waals surface area (Å²) in [6.07, 6.45) is 1.82. The molecule has 22 heavy (non-hydrogen) atoms. The van der Waals surface area contributed by atoms with Gasteiger partial charge in [-0.25, -0.2) is 8.78 Å². The van der Waals surface area contributed by atoms with Gasteiger partial charge < -0.3 is 0 Å². The Morgan fingerprint density at radius 3 is 2.73 bits per heavy atom. The van der Waals surface area contributed by atoms with E-state index < -0.39 is 29.0 Å². The van der Waals surface area contributed by atoms with E-state index in [2.05, 4.69) is 15.2 Å². The van der Waals surface area contributed by atoms with Crippen molar-refractivity contribution >= 4 is 11.9 Å². The van der Waals surface area contributed by atoms with Crippen molar-refractivity contribution in [2.45, 2.75) is 24.7 Å². The number of alkyl halides is 2. The van der Waals surface area contributed by atoms with Crippen LogP contribution in [-0.4, -0.2) is 21.1 Å². The molecule has 2 aromatic rings. The zero-order valence-electron chi connectivity index (χ0n) is 11.0. The lowest BCUT2D eigenvalue weighted by atomic mass is 10.1. The zero-order valence-corrected chi connectivity index (χ0v) is 11.0. The van der Waals surface area contributed by atoms with Gasteiger partial charge in [-0.3, -0.25) is 15.2 Å². The first-order chi connectivity index (χ1) is 10.4. The summed E-state index contributed by atoms with van der Waals surface area (Å²) in [6.45, 7) is 0. The van der Waals surface area contributed by atoms with Crippen LogP contribution < -0.4 is 5.32 Å². The quantitative estimate of drug-likeness (QED) is 0.852. The number of aromatic nitrogens is 3. The van der Waals surface area contributed by atoms with Crippen molar-refractivity contribution in [3.63, 3.8) is 0 Å². The highest BCUT2D eigenvalue weighted by Gasteiger charge is 2.44. The number of benzene rings is 1. The van der Waals surface area contributed by atoms with Crippen molar-refractivity contribution in [3.8, 4) is 0 Å². The highest BCUT2D eigenvalue weighted by Crippen LogP contribution is 2.38. The van der Waals surface area contributed by atoms with Crippen molar-refractivity contribution in [3.05, 3.63) is 41.2 Å². The largest absolute Gasteiger partial charge is 0.353 e. The average molecular weight is 314 g/mol. The second kappa shape index (κ2) is 5.08. The van der Waals surface area contributed by atoms with Gasteiger partial charge in [-0.1, -0.05) is 0 Å². The predicted molar refractivity (Wildman–Crippen MR) is 67.2 cm³/mol. The van der Waals surface area contributed by atoms with Gasteiger partial charge in [-0.2, -0.15) is 13.8 Å². The molecule has 0 aliphatic heterocycles. The van der Waals surface area contributed by atoms with Gasteiger partial charge in [0.05, 0.1) is 5.56 Å². The van der Waals surface area contributed by atoms with Crippen LogP contribution in [0.2, 0.25) is 0 Å². The van der Waals surface area contributed by atoms with Gasteiger partial charge in [0.25, 0.3) is 0 Å². The van der Waals surface area contributed by atoms with Gasteiger partial charge in [0.1, 0.15) is 17.5 Å². The number of aromatic amines is 1. The number of carbonyl (C=O) groups is 1. The van der Waals surface area contributed by atoms with Crippen LogP contribution in [0.4, 0.5) is 23.5 Å². The minimum absolute atomic E-state index is 0.194. The van der Waals surface area contributed by atoms with Crippen molar-refractivity contribution in [1.29, 1.82) is 0 Å². The van der Waals surface area contributed by atoms with Crippen LogP contribution in [-0.2, 0) is 10.7 Å². The topological polar surface area (TPSA) is 70.7 Å². The van der Waals surface area contributed by atoms with Crippen molar-refractivity contribution < 1.29 is 22.4 Å². The molecule has 1 heterocycles. The molecule has 1 aliphatic rings. The average Bonchev–Trinajstić information content (AvgIpc) is 3.22. The van der Waals surface area contributed by atoms with E-state index in [1.165, 1.54) is 0 Å². The molecule has 5 nitrogen and oxygen atoms in total. The van der Waals surface area contributed by atoms with Crippen LogP contribution in [0.5, 0.6) is 0 Å². The number of nitrogens with zero attached hydrogens (tertiary/aromatic N) is 2. The van der Waals surface area contributed by atoms with E-state index in [-0.39, 0.29) is 17.9 Å². The maximum Gasteiger partial charge on any atom is 0.353 e. The van der Waals surface area contributed by atoms with E-state index in [0.29, 0.717) is 18.0 Å². The molecule has 1 saturated carbocycles. The summed E-state index contributed by atoms with van der Waals surface area (Å²) < 4.78 is 54.4. The Bertz CT molecular complexity index is 727. The number of nitrogens with one attached hydrogen (secondary N) is 2. The molecule has 1 aromatic carbocycles. The van der Waals surface area contributed by atoms with Crippen LogP contribution >= 0.6 is 0 Å². The smallest absolute Gasteiger partial charge is 0.288 e. The van der Waals surface area contributed by atoms with Gasteiger partial charge in [-0.15, -0.1) is 5.10 Å². The summed E-state index contributed by atoms with van der Waals surface area (Å²) in [6, 6.07) is 1.50. The second-order valence-electron chi connectivity index (χ2n) is 4.97. The van der Waals surface area contributed by atoms with E-state index in [9.17, 15) is 22.4 Å². The molecule has 2 N–H and O–H groups in total. The molecule has 1 amide bonds. The lowest BCUT2D eigenvalue weighted by Crippen LogP contribution is -2.33. The van der Waals surface area contributed by atoms with E-state index in [1.807, 2.05) is 0 Å². The Balaban J connectivity index is 1.80. The number of carbonyl (C=O) groups excluding carboxylic acids is 1. The third-order valence-electron chi connectivity index (χ3n) is 3.24. The van der Waals surface area contributed by atoms with E-state index >= 15 is 0 Å². The summed E-state index contributed by atoms with van der Waals surface area (Å²) in [4.78, 5) is 15.5. The number of amides is 1. The number of H-pyrrole nitrogens is 1. The monoisotopic (exact) mass is 314 g/mol. The van der Waals surface area contributed by atoms with E-state index in [4.69, 9.17) is 0 Å². The van der Waals surface area contributed by atoms with Gasteiger partial charge in [0.15, 0.2) is 0 Å². The lowest BCUT2D eigenvalue weighted by molar-refractivity contribution is -0.141. The maximum absolute atomic E-state index is 14.0. The Morgan fingerprint density at radius 1 is 1.32 bits per heavy atom. The number of halogens is 4. The molecular formula is C13H10F4N4O. The van der Waals surface area contributed by atoms with Gasteiger partial charge in [-0.05, 0) is 31.0 Å². The van der Waals surface area contributed by atoms with Gasteiger partial charge in [0.2, 0.25) is 5.95 Å². The predicted octanol–water partition coefficient (Wildman–Crippen LogP) is 2.69. The molecular weight excluding hydrogens is 304 g/mol. The van der Waals surface area contributed by atoms with Crippen molar-refractivity contribution in [2.75, 3.05) is 5.32 Å².